The number of nitrogen functional groups attached to an aromatic ring is 1. The van der Waals surface area contributed by atoms with Crippen LogP contribution in [0.15, 0.2) is 17.7 Å². The van der Waals surface area contributed by atoms with Crippen molar-refractivity contribution < 1.29 is 23.2 Å². The molecule has 0 unspecified atom stereocenters. The summed E-state index contributed by atoms with van der Waals surface area (Å²) in [5.74, 6) is -0.529. The highest BCUT2D eigenvalue weighted by atomic mass is 19.1. The summed E-state index contributed by atoms with van der Waals surface area (Å²) >= 11 is 0. The third-order valence-corrected chi connectivity index (χ3v) is 4.63. The smallest absolute Gasteiger partial charge is 0.444 e. The van der Waals surface area contributed by atoms with Crippen LogP contribution in [0.1, 0.15) is 54.2 Å². The van der Waals surface area contributed by atoms with Gasteiger partial charge in [0.2, 0.25) is 0 Å². The SMILES string of the molecule is CC(C)(C)OC(=O)NCC(=Cc1ncc(F)cc1N)B1OC(C)(C)C(C)(C)O1. The van der Waals surface area contributed by atoms with Gasteiger partial charge in [-0.05, 0) is 60.0 Å². The van der Waals surface area contributed by atoms with E-state index in [2.05, 4.69) is 10.3 Å². The number of hydrogen-bond donors (Lipinski definition) is 2. The first-order valence-corrected chi connectivity index (χ1v) is 9.14. The van der Waals surface area contributed by atoms with Crippen molar-refractivity contribution >= 4 is 25.0 Å². The zero-order valence-corrected chi connectivity index (χ0v) is 17.6. The van der Waals surface area contributed by atoms with Gasteiger partial charge in [-0.1, -0.05) is 0 Å². The largest absolute Gasteiger partial charge is 0.492 e. The molecular formula is C19H29BFN3O4. The second-order valence-corrected chi connectivity index (χ2v) is 8.79. The number of nitrogens with two attached hydrogens (primary N) is 1. The lowest BCUT2D eigenvalue weighted by Gasteiger charge is -2.32. The molecule has 9 heteroatoms. The van der Waals surface area contributed by atoms with Gasteiger partial charge in [0.05, 0.1) is 28.8 Å². The predicted octanol–water partition coefficient (Wildman–Crippen LogP) is 3.34. The molecule has 1 aromatic rings. The number of hydrogen-bond acceptors (Lipinski definition) is 6. The molecule has 0 aliphatic carbocycles. The highest BCUT2D eigenvalue weighted by Crippen LogP contribution is 2.38. The minimum Gasteiger partial charge on any atom is -0.444 e. The van der Waals surface area contributed by atoms with Gasteiger partial charge in [0.15, 0.2) is 0 Å². The molecule has 0 spiro atoms. The molecule has 1 fully saturated rings. The van der Waals surface area contributed by atoms with Gasteiger partial charge in [-0.25, -0.2) is 9.18 Å². The molecule has 154 valence electrons. The number of anilines is 1. The summed E-state index contributed by atoms with van der Waals surface area (Å²) in [6.45, 7) is 13.1. The van der Waals surface area contributed by atoms with Crippen LogP contribution in [0.4, 0.5) is 14.9 Å². The summed E-state index contributed by atoms with van der Waals surface area (Å²) in [6.07, 6.45) is 2.13. The van der Waals surface area contributed by atoms with E-state index in [1.807, 2.05) is 27.7 Å². The lowest BCUT2D eigenvalue weighted by atomic mass is 9.77. The molecule has 2 heterocycles. The molecule has 0 bridgehead atoms. The van der Waals surface area contributed by atoms with Crippen LogP contribution >= 0.6 is 0 Å². The Labute approximate surface area is 166 Å². The molecule has 1 saturated heterocycles. The maximum atomic E-state index is 13.3. The van der Waals surface area contributed by atoms with Gasteiger partial charge >= 0.3 is 13.2 Å². The van der Waals surface area contributed by atoms with Crippen LogP contribution in [-0.4, -0.2) is 41.5 Å². The number of rotatable bonds is 4. The number of carbonyl (C=O) groups excluding carboxylic acids is 1. The van der Waals surface area contributed by atoms with Gasteiger partial charge in [-0.15, -0.1) is 0 Å². The highest BCUT2D eigenvalue weighted by Gasteiger charge is 2.52. The van der Waals surface area contributed by atoms with Gasteiger partial charge in [-0.2, -0.15) is 0 Å². The van der Waals surface area contributed by atoms with Crippen LogP contribution in [-0.2, 0) is 14.0 Å². The van der Waals surface area contributed by atoms with Crippen LogP contribution in [0, 0.1) is 5.82 Å². The summed E-state index contributed by atoms with van der Waals surface area (Å²) in [6, 6.07) is 1.18. The molecule has 0 atom stereocenters. The van der Waals surface area contributed by atoms with Crippen molar-refractivity contribution in [3.8, 4) is 0 Å². The van der Waals surface area contributed by atoms with Gasteiger partial charge in [0, 0.05) is 12.6 Å². The Bertz CT molecular complexity index is 759. The fraction of sp³-hybridized carbons (Fsp3) is 0.579. The quantitative estimate of drug-likeness (QED) is 0.762. The number of halogens is 1. The van der Waals surface area contributed by atoms with Crippen LogP contribution < -0.4 is 11.1 Å². The second-order valence-electron chi connectivity index (χ2n) is 8.79. The molecule has 1 aliphatic rings. The van der Waals surface area contributed by atoms with Crippen molar-refractivity contribution in [1.29, 1.82) is 0 Å². The molecule has 0 saturated carbocycles. The van der Waals surface area contributed by atoms with E-state index >= 15 is 0 Å². The monoisotopic (exact) mass is 393 g/mol. The van der Waals surface area contributed by atoms with E-state index in [-0.39, 0.29) is 12.2 Å². The number of alkyl carbamates (subject to hydrolysis) is 1. The van der Waals surface area contributed by atoms with Crippen molar-refractivity contribution in [1.82, 2.24) is 10.3 Å². The predicted molar refractivity (Wildman–Crippen MR) is 107 cm³/mol. The summed E-state index contributed by atoms with van der Waals surface area (Å²) in [7, 11) is -0.730. The second kappa shape index (κ2) is 7.71. The van der Waals surface area contributed by atoms with Gasteiger partial charge < -0.3 is 25.1 Å². The van der Waals surface area contributed by atoms with Crippen LogP contribution in [0.2, 0.25) is 0 Å². The first-order chi connectivity index (χ1) is 12.7. The Morgan fingerprint density at radius 3 is 2.39 bits per heavy atom. The van der Waals surface area contributed by atoms with Gasteiger partial charge in [0.25, 0.3) is 0 Å². The van der Waals surface area contributed by atoms with Crippen LogP contribution in [0.3, 0.4) is 0 Å². The first kappa shape index (κ1) is 22.2. The van der Waals surface area contributed by atoms with Gasteiger partial charge in [-0.3, -0.25) is 4.98 Å². The zero-order valence-electron chi connectivity index (χ0n) is 17.6. The first-order valence-electron chi connectivity index (χ1n) is 9.14. The van der Waals surface area contributed by atoms with E-state index in [4.69, 9.17) is 19.8 Å². The lowest BCUT2D eigenvalue weighted by Crippen LogP contribution is -2.41. The average Bonchev–Trinajstić information content (AvgIpc) is 2.71. The fourth-order valence-corrected chi connectivity index (χ4v) is 2.45. The number of aromatic nitrogens is 1. The maximum Gasteiger partial charge on any atom is 0.492 e. The van der Waals surface area contributed by atoms with E-state index in [9.17, 15) is 9.18 Å². The van der Waals surface area contributed by atoms with E-state index in [1.54, 1.807) is 26.8 Å². The Morgan fingerprint density at radius 1 is 1.32 bits per heavy atom. The van der Waals surface area contributed by atoms with Crippen LogP contribution in [0.5, 0.6) is 0 Å². The number of pyridine rings is 1. The van der Waals surface area contributed by atoms with E-state index in [0.29, 0.717) is 11.2 Å². The van der Waals surface area contributed by atoms with E-state index < -0.39 is 35.8 Å². The zero-order chi connectivity index (χ0) is 21.3. The molecule has 1 amide bonds. The number of amides is 1. The maximum absolute atomic E-state index is 13.3. The van der Waals surface area contributed by atoms with Crippen LogP contribution in [0.25, 0.3) is 6.08 Å². The molecule has 28 heavy (non-hydrogen) atoms. The number of nitrogens with zero attached hydrogens (tertiary/aromatic N) is 1. The fourth-order valence-electron chi connectivity index (χ4n) is 2.45. The standard InChI is InChI=1S/C19H29BFN3O4/c1-17(2,3)26-16(25)24-10-12(8-15-14(22)9-13(21)11-23-15)20-27-18(4,5)19(6,7)28-20/h8-9,11H,10,22H2,1-7H3,(H,24,25). The Morgan fingerprint density at radius 2 is 1.89 bits per heavy atom. The van der Waals surface area contributed by atoms with Crippen molar-refractivity contribution in [2.75, 3.05) is 12.3 Å². The summed E-state index contributed by atoms with van der Waals surface area (Å²) in [4.78, 5) is 16.1. The summed E-state index contributed by atoms with van der Waals surface area (Å²) in [5, 5.41) is 2.69. The van der Waals surface area contributed by atoms with Crippen molar-refractivity contribution in [2.24, 2.45) is 0 Å². The summed E-state index contributed by atoms with van der Waals surface area (Å²) in [5.41, 5.74) is 5.23. The molecule has 1 aromatic heterocycles. The van der Waals surface area contributed by atoms with Crippen molar-refractivity contribution in [2.45, 2.75) is 65.3 Å². The molecular weight excluding hydrogens is 364 g/mol. The Hall–Kier alpha value is -2.13. The summed E-state index contributed by atoms with van der Waals surface area (Å²) < 4.78 is 30.7. The average molecular weight is 393 g/mol. The number of carbonyl (C=O) groups is 1. The van der Waals surface area contributed by atoms with Gasteiger partial charge in [0.1, 0.15) is 11.4 Å². The molecule has 2 rings (SSSR count). The van der Waals surface area contributed by atoms with E-state index in [0.717, 1.165) is 6.20 Å². The molecule has 1 aliphatic heterocycles. The van der Waals surface area contributed by atoms with Crippen molar-refractivity contribution in [3.05, 3.63) is 29.2 Å². The molecule has 0 aromatic carbocycles. The minimum atomic E-state index is -0.730. The highest BCUT2D eigenvalue weighted by molar-refractivity contribution is 6.56. The topological polar surface area (TPSA) is 95.7 Å². The molecule has 3 N–H and O–H groups in total. The third-order valence-electron chi connectivity index (χ3n) is 4.63. The minimum absolute atomic E-state index is 0.0875. The van der Waals surface area contributed by atoms with Crippen molar-refractivity contribution in [3.63, 3.8) is 0 Å². The Kier molecular flexibility index (Phi) is 6.11. The molecule has 0 radical (unpaired) electrons. The normalized spacial score (nSPS) is 18.9. The Balaban J connectivity index is 2.28. The van der Waals surface area contributed by atoms with E-state index in [1.165, 1.54) is 6.07 Å². The number of nitrogens with one attached hydrogen (secondary N) is 1. The number of ether oxygens (including phenoxy) is 1. The molecule has 7 nitrogen and oxygen atoms in total. The lowest BCUT2D eigenvalue weighted by molar-refractivity contribution is 0.00578. The third kappa shape index (κ3) is 5.45.